The zero-order valence-electron chi connectivity index (χ0n) is 13.1. The topological polar surface area (TPSA) is 44.5 Å². The molecule has 1 heterocycles. The van der Waals surface area contributed by atoms with E-state index in [4.69, 9.17) is 15.2 Å². The summed E-state index contributed by atoms with van der Waals surface area (Å²) in [5, 5.41) is 0. The van der Waals surface area contributed by atoms with Crippen LogP contribution in [0.25, 0.3) is 0 Å². The van der Waals surface area contributed by atoms with E-state index in [0.717, 1.165) is 18.6 Å². The van der Waals surface area contributed by atoms with Crippen LogP contribution in [0.2, 0.25) is 0 Å². The van der Waals surface area contributed by atoms with Gasteiger partial charge in [0.1, 0.15) is 12.4 Å². The lowest BCUT2D eigenvalue weighted by Crippen LogP contribution is -2.24. The minimum absolute atomic E-state index is 0.0827. The molecule has 1 aliphatic rings. The molecule has 3 heteroatoms. The fourth-order valence-corrected chi connectivity index (χ4v) is 2.63. The van der Waals surface area contributed by atoms with Crippen LogP contribution in [0.15, 0.2) is 18.2 Å². The second-order valence-corrected chi connectivity index (χ2v) is 6.75. The molecule has 2 N–H and O–H groups in total. The lowest BCUT2D eigenvalue weighted by Gasteiger charge is -2.24. The number of nitrogens with two attached hydrogens (primary N) is 1. The van der Waals surface area contributed by atoms with Crippen molar-refractivity contribution in [2.75, 3.05) is 13.2 Å². The third kappa shape index (κ3) is 3.74. The molecular formula is C17H27NO2. The van der Waals surface area contributed by atoms with E-state index in [1.807, 2.05) is 0 Å². The Bertz CT molecular complexity index is 451. The second kappa shape index (κ2) is 6.15. The summed E-state index contributed by atoms with van der Waals surface area (Å²) in [5.74, 6) is 0.984. The molecule has 0 saturated carbocycles. The Hall–Kier alpha value is -1.06. The number of rotatable bonds is 4. The van der Waals surface area contributed by atoms with E-state index >= 15 is 0 Å². The smallest absolute Gasteiger partial charge is 0.123 e. The van der Waals surface area contributed by atoms with Gasteiger partial charge in [-0.2, -0.15) is 0 Å². The average Bonchev–Trinajstić information content (AvgIpc) is 2.83. The molecule has 1 aromatic carbocycles. The summed E-state index contributed by atoms with van der Waals surface area (Å²) in [5.41, 5.74) is 8.19. The van der Waals surface area contributed by atoms with E-state index in [0.29, 0.717) is 13.2 Å². The van der Waals surface area contributed by atoms with Crippen LogP contribution in [0.1, 0.15) is 44.7 Å². The molecule has 0 aliphatic carbocycles. The van der Waals surface area contributed by atoms with E-state index in [-0.39, 0.29) is 17.6 Å². The van der Waals surface area contributed by atoms with E-state index < -0.39 is 0 Å². The van der Waals surface area contributed by atoms with Crippen molar-refractivity contribution in [1.29, 1.82) is 0 Å². The van der Waals surface area contributed by atoms with Crippen LogP contribution in [0, 0.1) is 6.92 Å². The van der Waals surface area contributed by atoms with Gasteiger partial charge in [0.25, 0.3) is 0 Å². The summed E-state index contributed by atoms with van der Waals surface area (Å²) >= 11 is 0. The van der Waals surface area contributed by atoms with Crippen molar-refractivity contribution in [3.8, 4) is 5.75 Å². The van der Waals surface area contributed by atoms with E-state index in [9.17, 15) is 0 Å². The lowest BCUT2D eigenvalue weighted by molar-refractivity contribution is 0.0218. The van der Waals surface area contributed by atoms with Gasteiger partial charge < -0.3 is 15.2 Å². The molecule has 1 saturated heterocycles. The Morgan fingerprint density at radius 1 is 1.25 bits per heavy atom. The van der Waals surface area contributed by atoms with Crippen LogP contribution in [0.4, 0.5) is 0 Å². The second-order valence-electron chi connectivity index (χ2n) is 6.75. The Balaban J connectivity index is 2.04. The summed E-state index contributed by atoms with van der Waals surface area (Å²) in [6.45, 7) is 9.94. The fourth-order valence-electron chi connectivity index (χ4n) is 2.63. The fraction of sp³-hybridized carbons (Fsp3) is 0.647. The van der Waals surface area contributed by atoms with Gasteiger partial charge in [-0.3, -0.25) is 0 Å². The number of hydrogen-bond acceptors (Lipinski definition) is 3. The number of aryl methyl sites for hydroxylation is 1. The maximum absolute atomic E-state index is 6.06. The highest BCUT2D eigenvalue weighted by Crippen LogP contribution is 2.32. The summed E-state index contributed by atoms with van der Waals surface area (Å²) in [6.07, 6.45) is 2.48. The van der Waals surface area contributed by atoms with Gasteiger partial charge in [0.05, 0.1) is 12.2 Å². The third-order valence-electron chi connectivity index (χ3n) is 3.83. The Labute approximate surface area is 122 Å². The van der Waals surface area contributed by atoms with Crippen LogP contribution < -0.4 is 10.5 Å². The Morgan fingerprint density at radius 3 is 2.55 bits per heavy atom. The monoisotopic (exact) mass is 277 g/mol. The minimum Gasteiger partial charge on any atom is -0.491 e. The van der Waals surface area contributed by atoms with Gasteiger partial charge >= 0.3 is 0 Å². The van der Waals surface area contributed by atoms with Gasteiger partial charge in [-0.15, -0.1) is 0 Å². The van der Waals surface area contributed by atoms with Gasteiger partial charge in [-0.25, -0.2) is 0 Å². The zero-order valence-corrected chi connectivity index (χ0v) is 13.1. The summed E-state index contributed by atoms with van der Waals surface area (Å²) in [6, 6.07) is 6.43. The Morgan fingerprint density at radius 2 is 1.95 bits per heavy atom. The molecular weight excluding hydrogens is 250 g/mol. The number of ether oxygens (including phenoxy) is 2. The lowest BCUT2D eigenvalue weighted by atomic mass is 9.86. The van der Waals surface area contributed by atoms with Crippen molar-refractivity contribution in [2.24, 2.45) is 5.73 Å². The highest BCUT2D eigenvalue weighted by atomic mass is 16.5. The maximum atomic E-state index is 6.06. The van der Waals surface area contributed by atoms with Gasteiger partial charge in [-0.05, 0) is 42.4 Å². The van der Waals surface area contributed by atoms with Crippen molar-refractivity contribution in [3.63, 3.8) is 0 Å². The summed E-state index contributed by atoms with van der Waals surface area (Å²) < 4.78 is 11.9. The molecule has 0 aromatic heterocycles. The summed E-state index contributed by atoms with van der Waals surface area (Å²) in [4.78, 5) is 0. The third-order valence-corrected chi connectivity index (χ3v) is 3.83. The molecule has 2 rings (SSSR count). The predicted molar refractivity (Wildman–Crippen MR) is 82.3 cm³/mol. The quantitative estimate of drug-likeness (QED) is 0.919. The molecule has 112 valence electrons. The first kappa shape index (κ1) is 15.3. The average molecular weight is 277 g/mol. The number of hydrogen-bond donors (Lipinski definition) is 1. The van der Waals surface area contributed by atoms with Gasteiger partial charge in [0.15, 0.2) is 0 Å². The van der Waals surface area contributed by atoms with Crippen LogP contribution in [0.3, 0.4) is 0 Å². The molecule has 0 radical (unpaired) electrons. The van der Waals surface area contributed by atoms with Crippen LogP contribution in [-0.2, 0) is 10.2 Å². The van der Waals surface area contributed by atoms with Crippen molar-refractivity contribution in [1.82, 2.24) is 0 Å². The largest absolute Gasteiger partial charge is 0.491 e. The highest BCUT2D eigenvalue weighted by Gasteiger charge is 2.25. The maximum Gasteiger partial charge on any atom is 0.123 e. The van der Waals surface area contributed by atoms with E-state index in [2.05, 4.69) is 45.9 Å². The van der Waals surface area contributed by atoms with Crippen LogP contribution in [0.5, 0.6) is 5.75 Å². The molecule has 1 aliphatic heterocycles. The van der Waals surface area contributed by atoms with E-state index in [1.54, 1.807) is 0 Å². The zero-order chi connectivity index (χ0) is 14.8. The van der Waals surface area contributed by atoms with Gasteiger partial charge in [-0.1, -0.05) is 32.9 Å². The van der Waals surface area contributed by atoms with Gasteiger partial charge in [0.2, 0.25) is 0 Å². The first-order valence-corrected chi connectivity index (χ1v) is 7.49. The molecule has 2 atom stereocenters. The minimum atomic E-state index is 0.0827. The van der Waals surface area contributed by atoms with Crippen molar-refractivity contribution < 1.29 is 9.47 Å². The van der Waals surface area contributed by atoms with E-state index in [1.165, 1.54) is 11.1 Å². The molecule has 0 spiro atoms. The highest BCUT2D eigenvalue weighted by molar-refractivity contribution is 5.41. The molecule has 2 unspecified atom stereocenters. The molecule has 1 aromatic rings. The number of benzene rings is 1. The SMILES string of the molecule is Cc1ccc(C(C)(C)C)c(OCC2CCC(CN)O2)c1. The molecule has 1 fully saturated rings. The first-order chi connectivity index (χ1) is 9.40. The first-order valence-electron chi connectivity index (χ1n) is 7.49. The normalized spacial score (nSPS) is 23.1. The van der Waals surface area contributed by atoms with Crippen molar-refractivity contribution in [2.45, 2.75) is 58.2 Å². The van der Waals surface area contributed by atoms with Crippen molar-refractivity contribution in [3.05, 3.63) is 29.3 Å². The van der Waals surface area contributed by atoms with Crippen LogP contribution in [-0.4, -0.2) is 25.4 Å². The van der Waals surface area contributed by atoms with Crippen molar-refractivity contribution >= 4 is 0 Å². The standard InChI is InChI=1S/C17H27NO2/c1-12-5-8-15(17(2,3)4)16(9-12)19-11-14-7-6-13(10-18)20-14/h5,8-9,13-14H,6-7,10-11,18H2,1-4H3. The predicted octanol–water partition coefficient (Wildman–Crippen LogP) is 3.18. The van der Waals surface area contributed by atoms with Gasteiger partial charge in [0, 0.05) is 6.54 Å². The molecule has 0 bridgehead atoms. The molecule has 3 nitrogen and oxygen atoms in total. The molecule has 0 amide bonds. The Kier molecular flexibility index (Phi) is 4.71. The van der Waals surface area contributed by atoms with Crippen LogP contribution >= 0.6 is 0 Å². The molecule has 20 heavy (non-hydrogen) atoms. The summed E-state index contributed by atoms with van der Waals surface area (Å²) in [7, 11) is 0.